The highest BCUT2D eigenvalue weighted by molar-refractivity contribution is 6.29. The average molecular weight is 211 g/mol. The number of benzene rings is 1. The molecule has 0 fully saturated rings. The van der Waals surface area contributed by atoms with Crippen molar-refractivity contribution < 1.29 is 9.90 Å². The zero-order chi connectivity index (χ0) is 10.1. The van der Waals surface area contributed by atoms with Gasteiger partial charge in [0.05, 0.1) is 0 Å². The molecule has 0 spiro atoms. The highest BCUT2D eigenvalue weighted by atomic mass is 35.5. The van der Waals surface area contributed by atoms with Gasteiger partial charge >= 0.3 is 5.97 Å². The molecule has 14 heavy (non-hydrogen) atoms. The second-order valence-corrected chi connectivity index (χ2v) is 4.02. The molecule has 0 aromatic heterocycles. The number of hydrogen-bond donors (Lipinski definition) is 1. The Kier molecular flexibility index (Phi) is 2.46. The molecule has 0 heterocycles. The fraction of sp³-hybridized carbons (Fsp3) is 0.364. The van der Waals surface area contributed by atoms with Gasteiger partial charge in [-0.25, -0.2) is 0 Å². The Labute approximate surface area is 87.5 Å². The Morgan fingerprint density at radius 3 is 2.79 bits per heavy atom. The van der Waals surface area contributed by atoms with E-state index in [9.17, 15) is 4.79 Å². The lowest BCUT2D eigenvalue weighted by Gasteiger charge is -2.06. The molecule has 3 heteroatoms. The minimum atomic E-state index is -0.982. The first-order valence-corrected chi connectivity index (χ1v) is 5.10. The molecule has 2 nitrogen and oxygen atoms in total. The summed E-state index contributed by atoms with van der Waals surface area (Å²) >= 11 is 5.74. The molecule has 0 amide bonds. The summed E-state index contributed by atoms with van der Waals surface area (Å²) in [5.41, 5.74) is 3.29. The van der Waals surface area contributed by atoms with Crippen LogP contribution in [0.5, 0.6) is 0 Å². The van der Waals surface area contributed by atoms with E-state index in [0.717, 1.165) is 12.8 Å². The van der Waals surface area contributed by atoms with Crippen LogP contribution in [0.3, 0.4) is 0 Å². The number of halogens is 1. The van der Waals surface area contributed by atoms with Gasteiger partial charge < -0.3 is 5.11 Å². The Balaban J connectivity index is 2.33. The third-order valence-electron chi connectivity index (χ3n) is 2.63. The quantitative estimate of drug-likeness (QED) is 0.762. The lowest BCUT2D eigenvalue weighted by atomic mass is 10.0. The van der Waals surface area contributed by atoms with Crippen molar-refractivity contribution in [3.05, 3.63) is 34.9 Å². The van der Waals surface area contributed by atoms with Gasteiger partial charge in [-0.2, -0.15) is 0 Å². The average Bonchev–Trinajstić information content (AvgIpc) is 2.62. The molecule has 0 saturated heterocycles. The van der Waals surface area contributed by atoms with Crippen LogP contribution in [-0.4, -0.2) is 11.1 Å². The second-order valence-electron chi connectivity index (χ2n) is 3.58. The first kappa shape index (κ1) is 9.53. The number of aryl methyl sites for hydroxylation is 2. The topological polar surface area (TPSA) is 37.3 Å². The molecule has 0 saturated carbocycles. The third kappa shape index (κ3) is 1.62. The minimum absolute atomic E-state index is 0.694. The van der Waals surface area contributed by atoms with Crippen molar-refractivity contribution in [2.45, 2.75) is 24.6 Å². The summed E-state index contributed by atoms with van der Waals surface area (Å²) in [4.78, 5) is 10.7. The highest BCUT2D eigenvalue weighted by Gasteiger charge is 2.18. The molecule has 1 aliphatic rings. The largest absolute Gasteiger partial charge is 0.480 e. The van der Waals surface area contributed by atoms with Gasteiger partial charge in [-0.1, -0.05) is 18.2 Å². The predicted molar refractivity (Wildman–Crippen MR) is 54.7 cm³/mol. The van der Waals surface area contributed by atoms with Gasteiger partial charge in [-0.3, -0.25) is 4.79 Å². The zero-order valence-electron chi connectivity index (χ0n) is 7.66. The van der Waals surface area contributed by atoms with Gasteiger partial charge in [-0.05, 0) is 36.0 Å². The molecule has 1 N–H and O–H groups in total. The fourth-order valence-electron chi connectivity index (χ4n) is 1.89. The number of fused-ring (bicyclic) bond motifs is 1. The van der Waals surface area contributed by atoms with E-state index >= 15 is 0 Å². The number of carboxylic acid groups (broad SMARTS) is 1. The van der Waals surface area contributed by atoms with Crippen LogP contribution in [0, 0.1) is 0 Å². The van der Waals surface area contributed by atoms with Crippen molar-refractivity contribution >= 4 is 17.6 Å². The van der Waals surface area contributed by atoms with E-state index in [-0.39, 0.29) is 0 Å². The van der Waals surface area contributed by atoms with Crippen molar-refractivity contribution in [3.63, 3.8) is 0 Å². The first-order valence-electron chi connectivity index (χ1n) is 4.67. The summed E-state index contributed by atoms with van der Waals surface area (Å²) in [5, 5.41) is 7.84. The van der Waals surface area contributed by atoms with E-state index in [4.69, 9.17) is 16.7 Å². The van der Waals surface area contributed by atoms with Gasteiger partial charge in [-0.15, -0.1) is 11.6 Å². The van der Waals surface area contributed by atoms with Crippen molar-refractivity contribution in [1.82, 2.24) is 0 Å². The van der Waals surface area contributed by atoms with Gasteiger partial charge in [0.1, 0.15) is 0 Å². The van der Waals surface area contributed by atoms with E-state index in [1.165, 1.54) is 17.5 Å². The van der Waals surface area contributed by atoms with Crippen LogP contribution in [-0.2, 0) is 17.6 Å². The van der Waals surface area contributed by atoms with E-state index in [1.54, 1.807) is 0 Å². The van der Waals surface area contributed by atoms with Crippen LogP contribution in [0.25, 0.3) is 0 Å². The number of carbonyl (C=O) groups is 1. The highest BCUT2D eigenvalue weighted by Crippen LogP contribution is 2.28. The molecule has 1 aromatic rings. The number of rotatable bonds is 2. The third-order valence-corrected chi connectivity index (χ3v) is 3.07. The van der Waals surface area contributed by atoms with Crippen LogP contribution in [0.2, 0.25) is 0 Å². The number of hydrogen-bond acceptors (Lipinski definition) is 1. The minimum Gasteiger partial charge on any atom is -0.480 e. The number of alkyl halides is 1. The van der Waals surface area contributed by atoms with Crippen LogP contribution in [0.1, 0.15) is 28.5 Å². The van der Waals surface area contributed by atoms with Gasteiger partial charge in [0.25, 0.3) is 0 Å². The molecule has 1 aliphatic carbocycles. The van der Waals surface area contributed by atoms with E-state index in [2.05, 4.69) is 0 Å². The molecule has 0 aliphatic heterocycles. The summed E-state index contributed by atoms with van der Waals surface area (Å²) < 4.78 is 0. The second kappa shape index (κ2) is 3.62. The Morgan fingerprint density at radius 2 is 2.07 bits per heavy atom. The Morgan fingerprint density at radius 1 is 1.36 bits per heavy atom. The Hall–Kier alpha value is -1.02. The van der Waals surface area contributed by atoms with Crippen LogP contribution < -0.4 is 0 Å². The van der Waals surface area contributed by atoms with Crippen molar-refractivity contribution in [2.24, 2.45) is 0 Å². The van der Waals surface area contributed by atoms with Crippen LogP contribution >= 0.6 is 11.6 Å². The maximum Gasteiger partial charge on any atom is 0.326 e. The predicted octanol–water partition coefficient (Wildman–Crippen LogP) is 2.54. The van der Waals surface area contributed by atoms with Gasteiger partial charge in [0, 0.05) is 0 Å². The smallest absolute Gasteiger partial charge is 0.326 e. The summed E-state index contributed by atoms with van der Waals surface area (Å²) in [6.45, 7) is 0. The zero-order valence-corrected chi connectivity index (χ0v) is 8.42. The maximum absolute atomic E-state index is 10.7. The SMILES string of the molecule is O=C(O)C(Cl)c1ccc2c(c1)CCC2. The molecule has 1 aromatic carbocycles. The summed E-state index contributed by atoms with van der Waals surface area (Å²) in [7, 11) is 0. The molecule has 2 rings (SSSR count). The number of carboxylic acids is 1. The molecule has 1 unspecified atom stereocenters. The summed E-state index contributed by atoms with van der Waals surface area (Å²) in [6, 6.07) is 5.74. The van der Waals surface area contributed by atoms with Crippen LogP contribution in [0.15, 0.2) is 18.2 Å². The van der Waals surface area contributed by atoms with Crippen molar-refractivity contribution in [2.75, 3.05) is 0 Å². The molecule has 0 bridgehead atoms. The Bertz CT molecular complexity index is 374. The van der Waals surface area contributed by atoms with Gasteiger partial charge in [0.2, 0.25) is 0 Å². The van der Waals surface area contributed by atoms with Gasteiger partial charge in [0.15, 0.2) is 5.38 Å². The number of aliphatic carboxylic acids is 1. The van der Waals surface area contributed by atoms with E-state index in [0.29, 0.717) is 5.56 Å². The van der Waals surface area contributed by atoms with Crippen molar-refractivity contribution in [3.8, 4) is 0 Å². The normalized spacial score (nSPS) is 16.4. The standard InChI is InChI=1S/C11H11ClO2/c12-10(11(13)14)9-5-4-7-2-1-3-8(7)6-9/h4-6,10H,1-3H2,(H,13,14). The molecule has 74 valence electrons. The molecule has 1 atom stereocenters. The molecule has 0 radical (unpaired) electrons. The van der Waals surface area contributed by atoms with Crippen molar-refractivity contribution in [1.29, 1.82) is 0 Å². The van der Waals surface area contributed by atoms with Crippen LogP contribution in [0.4, 0.5) is 0 Å². The summed E-state index contributed by atoms with van der Waals surface area (Å²) in [6.07, 6.45) is 3.32. The molecular weight excluding hydrogens is 200 g/mol. The van der Waals surface area contributed by atoms with E-state index in [1.807, 2.05) is 18.2 Å². The van der Waals surface area contributed by atoms with E-state index < -0.39 is 11.3 Å². The monoisotopic (exact) mass is 210 g/mol. The molecular formula is C11H11ClO2. The maximum atomic E-state index is 10.7. The lowest BCUT2D eigenvalue weighted by molar-refractivity contribution is -0.136. The fourth-order valence-corrected chi connectivity index (χ4v) is 2.03. The lowest BCUT2D eigenvalue weighted by Crippen LogP contribution is -2.05. The summed E-state index contributed by atoms with van der Waals surface area (Å²) in [5.74, 6) is -0.982. The first-order chi connectivity index (χ1) is 6.68.